The average molecular weight is 441 g/mol. The van der Waals surface area contributed by atoms with E-state index < -0.39 is 23.1 Å². The molecule has 0 spiro atoms. The summed E-state index contributed by atoms with van der Waals surface area (Å²) in [6, 6.07) is 8.99. The quantitative estimate of drug-likeness (QED) is 0.652. The number of alkyl halides is 3. The average Bonchev–Trinajstić information content (AvgIpc) is 2.67. The van der Waals surface area contributed by atoms with Gasteiger partial charge in [0.25, 0.3) is 0 Å². The molecule has 1 atom stereocenters. The second-order valence-electron chi connectivity index (χ2n) is 7.73. The Morgan fingerprint density at radius 3 is 2.50 bits per heavy atom. The predicted octanol–water partition coefficient (Wildman–Crippen LogP) is 5.80. The van der Waals surface area contributed by atoms with Crippen molar-refractivity contribution in [2.45, 2.75) is 33.4 Å². The fraction of sp³-hybridized carbons (Fsp3) is 0.409. The van der Waals surface area contributed by atoms with Crippen molar-refractivity contribution in [2.75, 3.05) is 30.1 Å². The fourth-order valence-corrected chi connectivity index (χ4v) is 4.09. The third kappa shape index (κ3) is 4.57. The van der Waals surface area contributed by atoms with E-state index in [1.54, 1.807) is 0 Å². The van der Waals surface area contributed by atoms with Crippen LogP contribution in [0.2, 0.25) is 5.02 Å². The second-order valence-corrected chi connectivity index (χ2v) is 8.17. The lowest BCUT2D eigenvalue weighted by molar-refractivity contribution is -0.137. The van der Waals surface area contributed by atoms with E-state index in [1.165, 1.54) is 6.07 Å². The van der Waals surface area contributed by atoms with E-state index in [0.717, 1.165) is 28.9 Å². The van der Waals surface area contributed by atoms with Crippen LogP contribution in [0.4, 0.5) is 24.5 Å². The Kier molecular flexibility index (Phi) is 6.34. The van der Waals surface area contributed by atoms with E-state index in [1.807, 2.05) is 43.9 Å². The minimum Gasteiger partial charge on any atom is -0.360 e. The summed E-state index contributed by atoms with van der Waals surface area (Å²) >= 11 is 5.85. The molecular formula is C22H24ClF3N2O2. The normalized spacial score (nSPS) is 19.6. The zero-order valence-corrected chi connectivity index (χ0v) is 17.8. The molecule has 8 heteroatoms. The van der Waals surface area contributed by atoms with Crippen LogP contribution < -0.4 is 10.2 Å². The highest BCUT2D eigenvalue weighted by Gasteiger charge is 2.42. The van der Waals surface area contributed by atoms with Crippen molar-refractivity contribution >= 4 is 28.9 Å². The first-order valence-electron chi connectivity index (χ1n) is 9.64. The van der Waals surface area contributed by atoms with Gasteiger partial charge in [-0.15, -0.1) is 0 Å². The van der Waals surface area contributed by atoms with Gasteiger partial charge in [0, 0.05) is 22.9 Å². The minimum absolute atomic E-state index is 0.0110. The van der Waals surface area contributed by atoms with Crippen LogP contribution >= 0.6 is 11.6 Å². The first kappa shape index (κ1) is 22.4. The van der Waals surface area contributed by atoms with Crippen molar-refractivity contribution in [2.24, 2.45) is 5.41 Å². The summed E-state index contributed by atoms with van der Waals surface area (Å²) in [7, 11) is 0. The Morgan fingerprint density at radius 1 is 1.23 bits per heavy atom. The number of benzene rings is 2. The van der Waals surface area contributed by atoms with Crippen LogP contribution in [0.15, 0.2) is 36.4 Å². The van der Waals surface area contributed by atoms with E-state index in [4.69, 9.17) is 16.3 Å². The Morgan fingerprint density at radius 2 is 1.90 bits per heavy atom. The highest BCUT2D eigenvalue weighted by Crippen LogP contribution is 2.36. The summed E-state index contributed by atoms with van der Waals surface area (Å²) < 4.78 is 45.1. The molecule has 1 heterocycles. The number of aryl methyl sites for hydroxylation is 2. The number of carbonyl (C=O) groups excluding carboxylic acids is 1. The van der Waals surface area contributed by atoms with Crippen LogP contribution in [-0.2, 0) is 15.7 Å². The highest BCUT2D eigenvalue weighted by atomic mass is 35.5. The Balaban J connectivity index is 1.88. The van der Waals surface area contributed by atoms with Crippen molar-refractivity contribution in [3.05, 3.63) is 58.1 Å². The van der Waals surface area contributed by atoms with Gasteiger partial charge >= 0.3 is 6.18 Å². The minimum atomic E-state index is -4.56. The molecule has 30 heavy (non-hydrogen) atoms. The van der Waals surface area contributed by atoms with E-state index in [9.17, 15) is 18.0 Å². The van der Waals surface area contributed by atoms with Gasteiger partial charge in [0.15, 0.2) is 0 Å². The lowest BCUT2D eigenvalue weighted by Gasteiger charge is -2.42. The predicted molar refractivity (Wildman–Crippen MR) is 112 cm³/mol. The van der Waals surface area contributed by atoms with Gasteiger partial charge in [0.2, 0.25) is 5.91 Å². The van der Waals surface area contributed by atoms with Gasteiger partial charge < -0.3 is 15.0 Å². The third-order valence-corrected chi connectivity index (χ3v) is 5.73. The number of nitrogens with one attached hydrogen (secondary N) is 1. The van der Waals surface area contributed by atoms with Gasteiger partial charge in [0.05, 0.1) is 17.6 Å². The number of halogens is 4. The number of ether oxygens (including phenoxy) is 1. The number of carbonyl (C=O) groups is 1. The molecule has 0 radical (unpaired) electrons. The molecule has 0 aromatic heterocycles. The zero-order valence-electron chi connectivity index (χ0n) is 17.1. The molecule has 1 aliphatic rings. The van der Waals surface area contributed by atoms with Gasteiger partial charge in [-0.1, -0.05) is 36.7 Å². The van der Waals surface area contributed by atoms with E-state index in [-0.39, 0.29) is 17.3 Å². The first-order valence-corrected chi connectivity index (χ1v) is 10.0. The van der Waals surface area contributed by atoms with E-state index in [2.05, 4.69) is 5.32 Å². The van der Waals surface area contributed by atoms with Gasteiger partial charge in [-0.05, 0) is 49.6 Å². The number of hydrogen-bond acceptors (Lipinski definition) is 3. The third-order valence-electron chi connectivity index (χ3n) is 5.52. The van der Waals surface area contributed by atoms with Crippen LogP contribution in [0.1, 0.15) is 30.0 Å². The summed E-state index contributed by atoms with van der Waals surface area (Å²) in [5, 5.41) is 2.53. The summed E-state index contributed by atoms with van der Waals surface area (Å²) in [6.07, 6.45) is -4.09. The van der Waals surface area contributed by atoms with Crippen molar-refractivity contribution in [3.8, 4) is 0 Å². The number of para-hydroxylation sites is 1. The van der Waals surface area contributed by atoms with Crippen molar-refractivity contribution in [1.29, 1.82) is 0 Å². The second kappa shape index (κ2) is 8.47. The van der Waals surface area contributed by atoms with Crippen molar-refractivity contribution in [3.63, 3.8) is 0 Å². The lowest BCUT2D eigenvalue weighted by Crippen LogP contribution is -2.53. The Hall–Kier alpha value is -2.25. The molecule has 1 aliphatic heterocycles. The van der Waals surface area contributed by atoms with E-state index >= 15 is 0 Å². The number of hydrogen-bond donors (Lipinski definition) is 1. The van der Waals surface area contributed by atoms with Gasteiger partial charge in [0.1, 0.15) is 6.73 Å². The van der Waals surface area contributed by atoms with Crippen molar-refractivity contribution in [1.82, 2.24) is 0 Å². The molecule has 0 aliphatic carbocycles. The maximum atomic E-state index is 13.2. The summed E-state index contributed by atoms with van der Waals surface area (Å²) in [6.45, 7) is 6.79. The summed E-state index contributed by atoms with van der Waals surface area (Å²) in [5.41, 5.74) is 1.33. The fourth-order valence-electron chi connectivity index (χ4n) is 3.86. The molecule has 162 valence electrons. The highest BCUT2D eigenvalue weighted by molar-refractivity contribution is 6.31. The van der Waals surface area contributed by atoms with Crippen LogP contribution in [0.5, 0.6) is 0 Å². The standard InChI is InChI=1S/C22H24ClF3N2O2/c1-4-21(11-28(13-30-12-21)19-14(2)6-5-7-15(19)3)20(29)27-18-9-16(22(24,25)26)8-17(23)10-18/h5-10H,4,11-13H2,1-3H3,(H,27,29). The Bertz CT molecular complexity index is 928. The molecular weight excluding hydrogens is 417 g/mol. The van der Waals surface area contributed by atoms with Crippen LogP contribution in [0.25, 0.3) is 0 Å². The van der Waals surface area contributed by atoms with Gasteiger partial charge in [-0.3, -0.25) is 4.79 Å². The van der Waals surface area contributed by atoms with Crippen molar-refractivity contribution < 1.29 is 22.7 Å². The SMILES string of the molecule is CCC1(C(=O)Nc2cc(Cl)cc(C(F)(F)F)c2)COCN(c2c(C)cccc2C)C1. The first-order chi connectivity index (χ1) is 14.1. The molecule has 0 saturated carbocycles. The molecule has 1 fully saturated rings. The molecule has 1 saturated heterocycles. The lowest BCUT2D eigenvalue weighted by atomic mass is 9.83. The molecule has 2 aromatic carbocycles. The van der Waals surface area contributed by atoms with Crippen LogP contribution in [0.3, 0.4) is 0 Å². The van der Waals surface area contributed by atoms with E-state index in [0.29, 0.717) is 19.7 Å². The van der Waals surface area contributed by atoms with Gasteiger partial charge in [-0.2, -0.15) is 13.2 Å². The number of anilines is 2. The molecule has 4 nitrogen and oxygen atoms in total. The Labute approximate surface area is 179 Å². The summed E-state index contributed by atoms with van der Waals surface area (Å²) in [4.78, 5) is 15.2. The summed E-state index contributed by atoms with van der Waals surface area (Å²) in [5.74, 6) is -0.392. The molecule has 1 amide bonds. The molecule has 0 bridgehead atoms. The van der Waals surface area contributed by atoms with Crippen LogP contribution in [0, 0.1) is 19.3 Å². The molecule has 2 aromatic rings. The monoisotopic (exact) mass is 440 g/mol. The molecule has 3 rings (SSSR count). The van der Waals surface area contributed by atoms with Gasteiger partial charge in [-0.25, -0.2) is 0 Å². The topological polar surface area (TPSA) is 41.6 Å². The zero-order chi connectivity index (χ0) is 22.1. The molecule has 1 N–H and O–H groups in total. The maximum Gasteiger partial charge on any atom is 0.416 e. The number of amides is 1. The number of rotatable bonds is 4. The largest absolute Gasteiger partial charge is 0.416 e. The maximum absolute atomic E-state index is 13.2. The van der Waals surface area contributed by atoms with Crippen LogP contribution in [-0.4, -0.2) is 25.8 Å². The molecule has 1 unspecified atom stereocenters. The smallest absolute Gasteiger partial charge is 0.360 e. The number of nitrogens with zero attached hydrogens (tertiary/aromatic N) is 1.